The molecule has 0 bridgehead atoms. The maximum absolute atomic E-state index is 5.32. The molecule has 0 aliphatic carbocycles. The van der Waals surface area contributed by atoms with Gasteiger partial charge in [0.25, 0.3) is 0 Å². The van der Waals surface area contributed by atoms with Crippen LogP contribution in [-0.4, -0.2) is 43.1 Å². The van der Waals surface area contributed by atoms with Crippen molar-refractivity contribution >= 4 is 5.96 Å². The molecule has 0 aromatic carbocycles. The summed E-state index contributed by atoms with van der Waals surface area (Å²) in [4.78, 5) is 7.15. The number of nitrogens with one attached hydrogen (secondary N) is 2. The average molecular weight is 306 g/mol. The largest absolute Gasteiger partial charge is 0.467 e. The van der Waals surface area contributed by atoms with E-state index in [1.54, 1.807) is 6.26 Å². The van der Waals surface area contributed by atoms with E-state index in [2.05, 4.69) is 41.3 Å². The van der Waals surface area contributed by atoms with Crippen molar-refractivity contribution in [3.63, 3.8) is 0 Å². The van der Waals surface area contributed by atoms with Gasteiger partial charge in [0.2, 0.25) is 0 Å². The third kappa shape index (κ3) is 5.37. The number of furan rings is 1. The van der Waals surface area contributed by atoms with E-state index in [-0.39, 0.29) is 0 Å². The topological polar surface area (TPSA) is 52.8 Å². The quantitative estimate of drug-likeness (QED) is 0.626. The third-order valence-corrected chi connectivity index (χ3v) is 4.19. The lowest BCUT2D eigenvalue weighted by atomic mass is 9.99. The summed E-state index contributed by atoms with van der Waals surface area (Å²) in [6, 6.07) is 4.37. The van der Waals surface area contributed by atoms with Crippen LogP contribution < -0.4 is 10.6 Å². The van der Waals surface area contributed by atoms with Crippen molar-refractivity contribution in [2.75, 3.05) is 26.2 Å². The van der Waals surface area contributed by atoms with Crippen molar-refractivity contribution in [3.8, 4) is 0 Å². The lowest BCUT2D eigenvalue weighted by Crippen LogP contribution is -2.48. The Hall–Kier alpha value is -1.49. The van der Waals surface area contributed by atoms with Crippen LogP contribution in [0.4, 0.5) is 0 Å². The molecule has 22 heavy (non-hydrogen) atoms. The number of guanidine groups is 1. The van der Waals surface area contributed by atoms with Gasteiger partial charge in [-0.3, -0.25) is 4.90 Å². The Labute approximate surface area is 134 Å². The Morgan fingerprint density at radius 1 is 1.50 bits per heavy atom. The SMILES string of the molecule is CCNC(=NCc1ccco1)NCC(C)N1CCCC(C)C1. The summed E-state index contributed by atoms with van der Waals surface area (Å²) < 4.78 is 5.32. The molecule has 0 spiro atoms. The number of piperidine rings is 1. The van der Waals surface area contributed by atoms with Gasteiger partial charge < -0.3 is 15.1 Å². The zero-order valence-corrected chi connectivity index (χ0v) is 14.1. The molecule has 0 amide bonds. The van der Waals surface area contributed by atoms with Gasteiger partial charge in [0, 0.05) is 25.7 Å². The Morgan fingerprint density at radius 2 is 2.36 bits per heavy atom. The van der Waals surface area contributed by atoms with Crippen molar-refractivity contribution < 1.29 is 4.42 Å². The van der Waals surface area contributed by atoms with Crippen LogP contribution in [0.15, 0.2) is 27.8 Å². The maximum atomic E-state index is 5.32. The molecule has 1 aromatic heterocycles. The maximum Gasteiger partial charge on any atom is 0.191 e. The molecule has 1 aliphatic rings. The van der Waals surface area contributed by atoms with Crippen LogP contribution in [0.3, 0.4) is 0 Å². The minimum absolute atomic E-state index is 0.523. The normalized spacial score (nSPS) is 21.6. The van der Waals surface area contributed by atoms with Gasteiger partial charge in [-0.15, -0.1) is 0 Å². The molecule has 0 radical (unpaired) electrons. The van der Waals surface area contributed by atoms with E-state index in [9.17, 15) is 0 Å². The molecule has 1 aromatic rings. The zero-order chi connectivity index (χ0) is 15.8. The van der Waals surface area contributed by atoms with Crippen LogP contribution in [0.2, 0.25) is 0 Å². The molecule has 1 saturated heterocycles. The third-order valence-electron chi connectivity index (χ3n) is 4.19. The molecule has 2 N–H and O–H groups in total. The summed E-state index contributed by atoms with van der Waals surface area (Å²) in [7, 11) is 0. The van der Waals surface area contributed by atoms with E-state index < -0.39 is 0 Å². The van der Waals surface area contributed by atoms with E-state index in [0.717, 1.165) is 30.7 Å². The fourth-order valence-corrected chi connectivity index (χ4v) is 2.90. The Balaban J connectivity index is 1.81. The molecule has 5 nitrogen and oxygen atoms in total. The second kappa shape index (κ2) is 8.83. The number of nitrogens with zero attached hydrogens (tertiary/aromatic N) is 2. The molecule has 2 atom stereocenters. The molecule has 1 aliphatic heterocycles. The van der Waals surface area contributed by atoms with Crippen LogP contribution in [0.25, 0.3) is 0 Å². The van der Waals surface area contributed by atoms with Gasteiger partial charge in [0.15, 0.2) is 5.96 Å². The molecule has 124 valence electrons. The van der Waals surface area contributed by atoms with Crippen molar-refractivity contribution in [1.29, 1.82) is 0 Å². The molecule has 2 heterocycles. The Morgan fingerprint density at radius 3 is 3.05 bits per heavy atom. The second-order valence-corrected chi connectivity index (χ2v) is 6.25. The summed E-state index contributed by atoms with van der Waals surface area (Å²) in [5.74, 6) is 2.56. The second-order valence-electron chi connectivity index (χ2n) is 6.25. The first kappa shape index (κ1) is 16.9. The van der Waals surface area contributed by atoms with Crippen LogP contribution in [-0.2, 0) is 6.54 Å². The van der Waals surface area contributed by atoms with Crippen molar-refractivity contribution in [2.45, 2.75) is 46.2 Å². The van der Waals surface area contributed by atoms with Gasteiger partial charge in [0.05, 0.1) is 6.26 Å². The highest BCUT2D eigenvalue weighted by Crippen LogP contribution is 2.17. The molecular weight excluding hydrogens is 276 g/mol. The van der Waals surface area contributed by atoms with Gasteiger partial charge in [-0.05, 0) is 51.3 Å². The Bertz CT molecular complexity index is 444. The predicted molar refractivity (Wildman–Crippen MR) is 91.0 cm³/mol. The summed E-state index contributed by atoms with van der Waals surface area (Å²) in [5, 5.41) is 6.74. The monoisotopic (exact) mass is 306 g/mol. The summed E-state index contributed by atoms with van der Waals surface area (Å²) >= 11 is 0. The van der Waals surface area contributed by atoms with Gasteiger partial charge >= 0.3 is 0 Å². The van der Waals surface area contributed by atoms with Gasteiger partial charge in [0.1, 0.15) is 12.3 Å². The first-order chi connectivity index (χ1) is 10.7. The fraction of sp³-hybridized carbons (Fsp3) is 0.706. The standard InChI is InChI=1S/C17H30N4O/c1-4-18-17(20-12-16-8-6-10-22-16)19-11-15(3)21-9-5-7-14(2)13-21/h6,8,10,14-15H,4-5,7,9,11-13H2,1-3H3,(H2,18,19,20). The van der Waals surface area contributed by atoms with E-state index >= 15 is 0 Å². The molecule has 2 rings (SSSR count). The van der Waals surface area contributed by atoms with E-state index in [0.29, 0.717) is 12.6 Å². The van der Waals surface area contributed by atoms with Crippen LogP contribution >= 0.6 is 0 Å². The number of hydrogen-bond donors (Lipinski definition) is 2. The summed E-state index contributed by atoms with van der Waals surface area (Å²) in [6.45, 7) is 11.5. The molecular formula is C17H30N4O. The molecule has 2 unspecified atom stereocenters. The minimum atomic E-state index is 0.523. The number of likely N-dealkylation sites (tertiary alicyclic amines) is 1. The summed E-state index contributed by atoms with van der Waals surface area (Å²) in [5.41, 5.74) is 0. The summed E-state index contributed by atoms with van der Waals surface area (Å²) in [6.07, 6.45) is 4.37. The van der Waals surface area contributed by atoms with Crippen molar-refractivity contribution in [3.05, 3.63) is 24.2 Å². The highest BCUT2D eigenvalue weighted by Gasteiger charge is 2.20. The van der Waals surface area contributed by atoms with Crippen molar-refractivity contribution in [1.82, 2.24) is 15.5 Å². The number of aliphatic imine (C=N–C) groups is 1. The number of hydrogen-bond acceptors (Lipinski definition) is 3. The molecule has 0 saturated carbocycles. The van der Waals surface area contributed by atoms with Crippen molar-refractivity contribution in [2.24, 2.45) is 10.9 Å². The highest BCUT2D eigenvalue weighted by molar-refractivity contribution is 5.79. The lowest BCUT2D eigenvalue weighted by molar-refractivity contribution is 0.139. The van der Waals surface area contributed by atoms with Gasteiger partial charge in [-0.2, -0.15) is 0 Å². The lowest BCUT2D eigenvalue weighted by Gasteiger charge is -2.35. The van der Waals surface area contributed by atoms with E-state index in [4.69, 9.17) is 4.42 Å². The van der Waals surface area contributed by atoms with E-state index in [1.165, 1.54) is 25.9 Å². The van der Waals surface area contributed by atoms with Crippen LogP contribution in [0.5, 0.6) is 0 Å². The molecule has 1 fully saturated rings. The highest BCUT2D eigenvalue weighted by atomic mass is 16.3. The fourth-order valence-electron chi connectivity index (χ4n) is 2.90. The zero-order valence-electron chi connectivity index (χ0n) is 14.1. The van der Waals surface area contributed by atoms with Crippen LogP contribution in [0, 0.1) is 5.92 Å². The predicted octanol–water partition coefficient (Wildman–Crippen LogP) is 2.46. The Kier molecular flexibility index (Phi) is 6.77. The molecule has 5 heteroatoms. The van der Waals surface area contributed by atoms with Gasteiger partial charge in [-0.1, -0.05) is 6.92 Å². The number of rotatable bonds is 6. The average Bonchev–Trinajstić information content (AvgIpc) is 3.03. The first-order valence-electron chi connectivity index (χ1n) is 8.47. The first-order valence-corrected chi connectivity index (χ1v) is 8.47. The smallest absolute Gasteiger partial charge is 0.191 e. The van der Waals surface area contributed by atoms with Gasteiger partial charge in [-0.25, -0.2) is 4.99 Å². The van der Waals surface area contributed by atoms with E-state index in [1.807, 2.05) is 12.1 Å². The van der Waals surface area contributed by atoms with Crippen LogP contribution in [0.1, 0.15) is 39.4 Å². The minimum Gasteiger partial charge on any atom is -0.467 e.